The summed E-state index contributed by atoms with van der Waals surface area (Å²) in [6, 6.07) is 18.4. The Kier molecular flexibility index (Phi) is 5.25. The van der Waals surface area contributed by atoms with Gasteiger partial charge in [-0.05, 0) is 37.1 Å². The lowest BCUT2D eigenvalue weighted by atomic mass is 9.97. The number of carbonyl (C=O) groups is 1. The van der Waals surface area contributed by atoms with E-state index in [0.717, 1.165) is 48.5 Å². The zero-order valence-electron chi connectivity index (χ0n) is 14.7. The number of hydrogen-bond donors (Lipinski definition) is 1. The summed E-state index contributed by atoms with van der Waals surface area (Å²) in [5.41, 5.74) is 2.08. The average Bonchev–Trinajstić information content (AvgIpc) is 3.13. The van der Waals surface area contributed by atoms with Gasteiger partial charge in [0, 0.05) is 36.1 Å². The molecule has 3 aromatic rings. The van der Waals surface area contributed by atoms with Gasteiger partial charge in [0.1, 0.15) is 5.82 Å². The van der Waals surface area contributed by atoms with Crippen LogP contribution < -0.4 is 0 Å². The number of hydrogen-bond acceptors (Lipinski definition) is 3. The highest BCUT2D eigenvalue weighted by Crippen LogP contribution is 2.27. The zero-order valence-corrected chi connectivity index (χ0v) is 15.5. The van der Waals surface area contributed by atoms with Crippen LogP contribution in [0.4, 0.5) is 0 Å². The molecule has 134 valence electrons. The van der Waals surface area contributed by atoms with Crippen molar-refractivity contribution in [2.75, 3.05) is 18.8 Å². The van der Waals surface area contributed by atoms with Crippen molar-refractivity contribution >= 4 is 28.7 Å². The summed E-state index contributed by atoms with van der Waals surface area (Å²) in [6.07, 6.45) is 2.72. The molecule has 0 saturated carbocycles. The molecule has 0 aliphatic carbocycles. The van der Waals surface area contributed by atoms with Gasteiger partial charge in [0.15, 0.2) is 0 Å². The predicted octanol–water partition coefficient (Wildman–Crippen LogP) is 4.45. The molecule has 1 amide bonds. The first-order valence-corrected chi connectivity index (χ1v) is 10.2. The van der Waals surface area contributed by atoms with Crippen LogP contribution in [0.1, 0.15) is 31.0 Å². The number of H-pyrrole nitrogens is 1. The maximum absolute atomic E-state index is 12.6. The van der Waals surface area contributed by atoms with Gasteiger partial charge in [-0.3, -0.25) is 4.79 Å². The molecule has 1 N–H and O–H groups in total. The summed E-state index contributed by atoms with van der Waals surface area (Å²) in [5.74, 6) is 2.41. The Morgan fingerprint density at radius 3 is 2.81 bits per heavy atom. The first-order chi connectivity index (χ1) is 12.8. The maximum atomic E-state index is 12.6. The number of para-hydroxylation sites is 2. The Morgan fingerprint density at radius 2 is 1.96 bits per heavy atom. The Morgan fingerprint density at radius 1 is 1.15 bits per heavy atom. The number of piperidine rings is 1. The molecule has 26 heavy (non-hydrogen) atoms. The van der Waals surface area contributed by atoms with E-state index in [2.05, 4.69) is 23.2 Å². The molecule has 5 heteroatoms. The molecule has 1 atom stereocenters. The Hall–Kier alpha value is -2.27. The highest BCUT2D eigenvalue weighted by molar-refractivity contribution is 7.99. The summed E-state index contributed by atoms with van der Waals surface area (Å²) in [6.45, 7) is 1.64. The molecule has 0 bridgehead atoms. The van der Waals surface area contributed by atoms with Gasteiger partial charge in [0.2, 0.25) is 5.91 Å². The van der Waals surface area contributed by atoms with Gasteiger partial charge in [-0.1, -0.05) is 30.3 Å². The van der Waals surface area contributed by atoms with Crippen molar-refractivity contribution in [1.82, 2.24) is 14.9 Å². The molecule has 0 spiro atoms. The fourth-order valence-electron chi connectivity index (χ4n) is 3.52. The molecular weight excluding hydrogens is 342 g/mol. The lowest BCUT2D eigenvalue weighted by Gasteiger charge is -2.32. The molecule has 2 heterocycles. The van der Waals surface area contributed by atoms with E-state index in [4.69, 9.17) is 4.98 Å². The number of carbonyl (C=O) groups excluding carboxylic acids is 1. The van der Waals surface area contributed by atoms with E-state index in [1.165, 1.54) is 4.90 Å². The molecule has 0 radical (unpaired) electrons. The number of benzene rings is 2. The fourth-order valence-corrected chi connectivity index (χ4v) is 4.39. The Bertz CT molecular complexity index is 844. The number of nitrogens with zero attached hydrogens (tertiary/aromatic N) is 2. The minimum atomic E-state index is 0.259. The summed E-state index contributed by atoms with van der Waals surface area (Å²) < 4.78 is 0. The Balaban J connectivity index is 1.34. The van der Waals surface area contributed by atoms with E-state index >= 15 is 0 Å². The molecule has 1 aromatic heterocycles. The number of rotatable bonds is 5. The standard InChI is InChI=1S/C21H23N3OS/c25-20(12-14-26-17-8-2-1-3-9-17)24-13-6-7-16(15-24)21-22-18-10-4-5-11-19(18)23-21/h1-5,8-11,16H,6-7,12-15H2,(H,22,23). The quantitative estimate of drug-likeness (QED) is 0.680. The fraction of sp³-hybridized carbons (Fsp3) is 0.333. The van der Waals surface area contributed by atoms with Crippen molar-refractivity contribution in [2.45, 2.75) is 30.1 Å². The number of nitrogens with one attached hydrogen (secondary N) is 1. The van der Waals surface area contributed by atoms with Gasteiger partial charge in [-0.15, -0.1) is 11.8 Å². The van der Waals surface area contributed by atoms with Gasteiger partial charge >= 0.3 is 0 Å². The van der Waals surface area contributed by atoms with Gasteiger partial charge in [-0.25, -0.2) is 4.98 Å². The molecule has 2 aromatic carbocycles. The van der Waals surface area contributed by atoms with Crippen molar-refractivity contribution in [2.24, 2.45) is 0 Å². The van der Waals surface area contributed by atoms with E-state index in [1.807, 2.05) is 41.3 Å². The van der Waals surface area contributed by atoms with Crippen LogP contribution in [0, 0.1) is 0 Å². The van der Waals surface area contributed by atoms with E-state index in [-0.39, 0.29) is 5.91 Å². The number of fused-ring (bicyclic) bond motifs is 1. The zero-order chi connectivity index (χ0) is 17.8. The number of likely N-dealkylation sites (tertiary alicyclic amines) is 1. The lowest BCUT2D eigenvalue weighted by Crippen LogP contribution is -2.39. The molecular formula is C21H23N3OS. The summed E-state index contributed by atoms with van der Waals surface area (Å²) >= 11 is 1.75. The number of aromatic nitrogens is 2. The van der Waals surface area contributed by atoms with Crippen LogP contribution in [0.25, 0.3) is 11.0 Å². The minimum Gasteiger partial charge on any atom is -0.342 e. The molecule has 1 fully saturated rings. The Labute approximate surface area is 158 Å². The van der Waals surface area contributed by atoms with Crippen molar-refractivity contribution < 1.29 is 4.79 Å². The van der Waals surface area contributed by atoms with Crippen LogP contribution in [0.3, 0.4) is 0 Å². The van der Waals surface area contributed by atoms with Crippen LogP contribution >= 0.6 is 11.8 Å². The van der Waals surface area contributed by atoms with E-state index < -0.39 is 0 Å². The first kappa shape index (κ1) is 17.2. The van der Waals surface area contributed by atoms with E-state index in [9.17, 15) is 4.79 Å². The number of thioether (sulfide) groups is 1. The predicted molar refractivity (Wildman–Crippen MR) is 106 cm³/mol. The van der Waals surface area contributed by atoms with Crippen LogP contribution in [0.15, 0.2) is 59.5 Å². The van der Waals surface area contributed by atoms with Gasteiger partial charge in [-0.2, -0.15) is 0 Å². The summed E-state index contributed by atoms with van der Waals surface area (Å²) in [4.78, 5) is 24.0. The second-order valence-corrected chi connectivity index (χ2v) is 7.90. The minimum absolute atomic E-state index is 0.259. The highest BCUT2D eigenvalue weighted by atomic mass is 32.2. The second-order valence-electron chi connectivity index (χ2n) is 6.73. The highest BCUT2D eigenvalue weighted by Gasteiger charge is 2.26. The molecule has 4 nitrogen and oxygen atoms in total. The van der Waals surface area contributed by atoms with Crippen LogP contribution in [0.5, 0.6) is 0 Å². The van der Waals surface area contributed by atoms with Crippen LogP contribution in [0.2, 0.25) is 0 Å². The maximum Gasteiger partial charge on any atom is 0.223 e. The first-order valence-electron chi connectivity index (χ1n) is 9.20. The van der Waals surface area contributed by atoms with Crippen molar-refractivity contribution in [3.8, 4) is 0 Å². The normalized spacial score (nSPS) is 17.5. The third-order valence-corrected chi connectivity index (χ3v) is 5.91. The van der Waals surface area contributed by atoms with E-state index in [0.29, 0.717) is 12.3 Å². The van der Waals surface area contributed by atoms with Gasteiger partial charge in [0.05, 0.1) is 11.0 Å². The van der Waals surface area contributed by atoms with Crippen LogP contribution in [-0.4, -0.2) is 39.6 Å². The lowest BCUT2D eigenvalue weighted by molar-refractivity contribution is -0.131. The van der Waals surface area contributed by atoms with Crippen molar-refractivity contribution in [3.05, 3.63) is 60.4 Å². The van der Waals surface area contributed by atoms with Crippen molar-refractivity contribution in [1.29, 1.82) is 0 Å². The topological polar surface area (TPSA) is 49.0 Å². The van der Waals surface area contributed by atoms with Gasteiger partial charge < -0.3 is 9.88 Å². The summed E-state index contributed by atoms with van der Waals surface area (Å²) in [5, 5.41) is 0. The van der Waals surface area contributed by atoms with Crippen molar-refractivity contribution in [3.63, 3.8) is 0 Å². The average molecular weight is 366 g/mol. The van der Waals surface area contributed by atoms with E-state index in [1.54, 1.807) is 11.8 Å². The smallest absolute Gasteiger partial charge is 0.223 e. The largest absolute Gasteiger partial charge is 0.342 e. The summed E-state index contributed by atoms with van der Waals surface area (Å²) in [7, 11) is 0. The second kappa shape index (κ2) is 7.96. The monoisotopic (exact) mass is 365 g/mol. The van der Waals surface area contributed by atoms with Gasteiger partial charge in [0.25, 0.3) is 0 Å². The van der Waals surface area contributed by atoms with Crippen LogP contribution in [-0.2, 0) is 4.79 Å². The molecule has 1 unspecified atom stereocenters. The number of imidazole rings is 1. The molecule has 1 aliphatic rings. The molecule has 1 aliphatic heterocycles. The third-order valence-electron chi connectivity index (χ3n) is 4.90. The molecule has 1 saturated heterocycles. The third kappa shape index (κ3) is 3.93. The number of aromatic amines is 1. The SMILES string of the molecule is O=C(CCSc1ccccc1)N1CCCC(c2nc3ccccc3[nH]2)C1. The molecule has 4 rings (SSSR count). The number of amides is 1.